The number of amides is 1. The van der Waals surface area contributed by atoms with E-state index in [1.165, 1.54) is 31.3 Å². The van der Waals surface area contributed by atoms with Crippen molar-refractivity contribution >= 4 is 22.8 Å². The Balaban J connectivity index is 1.85. The van der Waals surface area contributed by atoms with Gasteiger partial charge in [0.1, 0.15) is 23.1 Å². The first-order chi connectivity index (χ1) is 21.1. The molecule has 9 nitrogen and oxygen atoms in total. The smallest absolute Gasteiger partial charge is 0.397 e. The number of nitrogens with zero attached hydrogens (tertiary/aromatic N) is 6. The number of alkyl halides is 3. The summed E-state index contributed by atoms with van der Waals surface area (Å²) >= 11 is 0. The Morgan fingerprint density at radius 1 is 1.11 bits per heavy atom. The molecule has 3 atom stereocenters. The van der Waals surface area contributed by atoms with Crippen molar-refractivity contribution in [1.29, 1.82) is 0 Å². The molecule has 5 rings (SSSR count). The Bertz CT molecular complexity index is 1860. The van der Waals surface area contributed by atoms with Gasteiger partial charge < -0.3 is 14.9 Å². The summed E-state index contributed by atoms with van der Waals surface area (Å²) in [7, 11) is 0. The molecule has 14 heteroatoms. The van der Waals surface area contributed by atoms with Crippen LogP contribution in [0.2, 0.25) is 0 Å². The number of rotatable bonds is 5. The van der Waals surface area contributed by atoms with Gasteiger partial charge in [0.15, 0.2) is 11.5 Å². The molecule has 4 heterocycles. The molecule has 1 aliphatic rings. The second-order valence-electron chi connectivity index (χ2n) is 11.1. The molecule has 0 spiro atoms. The van der Waals surface area contributed by atoms with Crippen molar-refractivity contribution in [2.75, 3.05) is 18.0 Å². The molecule has 0 aliphatic carbocycles. The van der Waals surface area contributed by atoms with Crippen LogP contribution >= 0.6 is 0 Å². The van der Waals surface area contributed by atoms with Crippen molar-refractivity contribution in [3.05, 3.63) is 82.6 Å². The number of pyridine rings is 2. The fourth-order valence-corrected chi connectivity index (χ4v) is 5.84. The first-order valence-corrected chi connectivity index (χ1v) is 14.0. The van der Waals surface area contributed by atoms with E-state index in [2.05, 4.69) is 21.5 Å². The number of phenolic OH excluding ortho intramolecular Hbond substituents is 1. The molecule has 4 aromatic rings. The number of aromatic nitrogens is 4. The molecule has 3 aromatic heterocycles. The topological polar surface area (TPSA) is 104 Å². The van der Waals surface area contributed by atoms with Gasteiger partial charge in [-0.25, -0.2) is 23.1 Å². The average molecular weight is 629 g/mol. The van der Waals surface area contributed by atoms with Crippen LogP contribution in [-0.2, 0) is 4.79 Å². The van der Waals surface area contributed by atoms with Crippen molar-refractivity contribution in [2.45, 2.75) is 51.9 Å². The van der Waals surface area contributed by atoms with Gasteiger partial charge in [-0.2, -0.15) is 18.2 Å². The summed E-state index contributed by atoms with van der Waals surface area (Å²) in [6.45, 7) is 9.77. The predicted molar refractivity (Wildman–Crippen MR) is 157 cm³/mol. The summed E-state index contributed by atoms with van der Waals surface area (Å²) < 4.78 is 73.5. The third-order valence-corrected chi connectivity index (χ3v) is 7.96. The summed E-state index contributed by atoms with van der Waals surface area (Å²) in [5.41, 5.74) is -3.19. The van der Waals surface area contributed by atoms with Crippen molar-refractivity contribution in [2.24, 2.45) is 0 Å². The van der Waals surface area contributed by atoms with Gasteiger partial charge in [-0.15, -0.1) is 0 Å². The quantitative estimate of drug-likeness (QED) is 0.233. The molecule has 236 valence electrons. The molecule has 1 aliphatic heterocycles. The highest BCUT2D eigenvalue weighted by molar-refractivity contribution is 5.91. The molecule has 45 heavy (non-hydrogen) atoms. The summed E-state index contributed by atoms with van der Waals surface area (Å²) in [6, 6.07) is 4.87. The van der Waals surface area contributed by atoms with Gasteiger partial charge in [0.25, 0.3) is 0 Å². The first-order valence-electron chi connectivity index (χ1n) is 14.0. The number of aromatic hydroxyl groups is 1. The Morgan fingerprint density at radius 3 is 2.38 bits per heavy atom. The third-order valence-electron chi connectivity index (χ3n) is 7.96. The summed E-state index contributed by atoms with van der Waals surface area (Å²) in [5.74, 6) is -5.19. The first kappa shape index (κ1) is 31.5. The van der Waals surface area contributed by atoms with Crippen molar-refractivity contribution in [3.8, 4) is 22.7 Å². The van der Waals surface area contributed by atoms with Gasteiger partial charge in [0.2, 0.25) is 5.91 Å². The predicted octanol–water partition coefficient (Wildman–Crippen LogP) is 5.41. The summed E-state index contributed by atoms with van der Waals surface area (Å²) in [6.07, 6.45) is -2.37. The minimum Gasteiger partial charge on any atom is -0.507 e. The van der Waals surface area contributed by atoms with Gasteiger partial charge in [-0.05, 0) is 63.6 Å². The van der Waals surface area contributed by atoms with Gasteiger partial charge in [0, 0.05) is 31.4 Å². The molecule has 1 N–H and O–H groups in total. The van der Waals surface area contributed by atoms with Crippen LogP contribution in [0.15, 0.2) is 54.0 Å². The van der Waals surface area contributed by atoms with Crippen LogP contribution in [0.1, 0.15) is 37.9 Å². The van der Waals surface area contributed by atoms with Crippen molar-refractivity contribution < 1.29 is 31.9 Å². The van der Waals surface area contributed by atoms with Crippen LogP contribution in [0.25, 0.3) is 28.0 Å². The number of anilines is 1. The lowest BCUT2D eigenvalue weighted by Crippen LogP contribution is -2.58. The third kappa shape index (κ3) is 5.49. The molecule has 0 saturated carbocycles. The highest BCUT2D eigenvalue weighted by Crippen LogP contribution is 2.39. The maximum atomic E-state index is 15.9. The number of hydrogen-bond donors (Lipinski definition) is 1. The van der Waals surface area contributed by atoms with Crippen LogP contribution < -0.4 is 10.6 Å². The number of phenols is 1. The van der Waals surface area contributed by atoms with Crippen molar-refractivity contribution in [1.82, 2.24) is 24.4 Å². The zero-order valence-electron chi connectivity index (χ0n) is 24.7. The highest BCUT2D eigenvalue weighted by Gasteiger charge is 2.41. The van der Waals surface area contributed by atoms with Crippen LogP contribution in [-0.4, -0.2) is 66.8 Å². The minimum atomic E-state index is -4.74. The maximum absolute atomic E-state index is 15.9. The second kappa shape index (κ2) is 11.6. The normalized spacial score (nSPS) is 17.9. The lowest BCUT2D eigenvalue weighted by atomic mass is 10.0. The number of benzene rings is 1. The Hall–Kier alpha value is -4.88. The second-order valence-corrected chi connectivity index (χ2v) is 11.1. The number of hydrogen-bond acceptors (Lipinski definition) is 7. The molecule has 0 bridgehead atoms. The monoisotopic (exact) mass is 628 g/mol. The van der Waals surface area contributed by atoms with Gasteiger partial charge >= 0.3 is 11.9 Å². The number of aryl methyl sites for hydroxylation is 1. The van der Waals surface area contributed by atoms with E-state index in [-0.39, 0.29) is 47.1 Å². The largest absolute Gasteiger partial charge is 0.507 e. The van der Waals surface area contributed by atoms with Crippen LogP contribution in [0, 0.1) is 18.6 Å². The molecular formula is C31H29F5N6O3. The summed E-state index contributed by atoms with van der Waals surface area (Å²) in [4.78, 5) is 42.1. The van der Waals surface area contributed by atoms with E-state index >= 15 is 4.39 Å². The minimum absolute atomic E-state index is 0.0293. The molecule has 0 radical (unpaired) electrons. The van der Waals surface area contributed by atoms with E-state index < -0.39 is 64.2 Å². The van der Waals surface area contributed by atoms with Gasteiger partial charge in [0.05, 0.1) is 28.2 Å². The van der Waals surface area contributed by atoms with E-state index in [0.717, 1.165) is 29.7 Å². The lowest BCUT2D eigenvalue weighted by molar-refractivity contribution is -0.147. The van der Waals surface area contributed by atoms with E-state index in [1.807, 2.05) is 0 Å². The van der Waals surface area contributed by atoms with Crippen LogP contribution in [0.4, 0.5) is 27.8 Å². The lowest BCUT2D eigenvalue weighted by Gasteiger charge is -2.44. The molecule has 0 unspecified atom stereocenters. The fourth-order valence-electron chi connectivity index (χ4n) is 5.84. The Labute approximate surface area is 254 Å². The van der Waals surface area contributed by atoms with Crippen molar-refractivity contribution in [3.63, 3.8) is 0 Å². The average Bonchev–Trinajstić information content (AvgIpc) is 2.96. The standard InChI is InChI=1S/C31H29F5N6O3/c1-6-23(44)41-16(3)13-40(14-17(41)4)28-19-12-21(33)26(24-20(32)8-7-9-22(24)43)38-29(19)42(30(45)39-28)27-15(2)10-11-37-25(27)18(5)31(34,35)36/h6-12,16-18,43H,1,13-14H2,2-5H3/t16-,17+,18-/m0/s1. The number of halogens is 5. The van der Waals surface area contributed by atoms with Gasteiger partial charge in [-0.1, -0.05) is 12.6 Å². The molecular weight excluding hydrogens is 599 g/mol. The Morgan fingerprint density at radius 2 is 1.78 bits per heavy atom. The highest BCUT2D eigenvalue weighted by atomic mass is 19.4. The molecule has 1 amide bonds. The number of carbonyl (C=O) groups is 1. The van der Waals surface area contributed by atoms with E-state index in [9.17, 15) is 32.3 Å². The SMILES string of the molecule is C=CC(=O)N1[C@H](C)CN(c2nc(=O)n(-c3c(C)ccnc3[C@H](C)C(F)(F)F)c3nc(-c4c(O)cccc4F)c(F)cc23)C[C@@H]1C. The molecule has 1 saturated heterocycles. The van der Waals surface area contributed by atoms with E-state index in [1.54, 1.807) is 23.6 Å². The number of fused-ring (bicyclic) bond motifs is 1. The molecule has 1 aromatic carbocycles. The van der Waals surface area contributed by atoms with E-state index in [4.69, 9.17) is 0 Å². The number of piperazine rings is 1. The Kier molecular flexibility index (Phi) is 8.10. The number of carbonyl (C=O) groups excluding carboxylic acids is 1. The fraction of sp³-hybridized carbons (Fsp3) is 0.323. The zero-order chi connectivity index (χ0) is 33.0. The van der Waals surface area contributed by atoms with E-state index in [0.29, 0.717) is 0 Å². The molecule has 1 fully saturated rings. The van der Waals surface area contributed by atoms with Crippen LogP contribution in [0.5, 0.6) is 5.75 Å². The summed E-state index contributed by atoms with van der Waals surface area (Å²) in [5, 5.41) is 10.4. The zero-order valence-corrected chi connectivity index (χ0v) is 24.7. The maximum Gasteiger partial charge on any atom is 0.397 e. The van der Waals surface area contributed by atoms with Crippen LogP contribution in [0.3, 0.4) is 0 Å². The van der Waals surface area contributed by atoms with Gasteiger partial charge in [-0.3, -0.25) is 9.78 Å².